The van der Waals surface area contributed by atoms with Gasteiger partial charge in [0.05, 0.1) is 12.8 Å². The van der Waals surface area contributed by atoms with Crippen molar-refractivity contribution in [3.63, 3.8) is 0 Å². The van der Waals surface area contributed by atoms with Crippen molar-refractivity contribution < 1.29 is 32.0 Å². The number of halogens is 3. The molecule has 1 saturated heterocycles. The van der Waals surface area contributed by atoms with Gasteiger partial charge in [-0.15, -0.1) is 0 Å². The largest absolute Gasteiger partial charge is 0.467 e. The van der Waals surface area contributed by atoms with Crippen LogP contribution >= 0.6 is 0 Å². The van der Waals surface area contributed by atoms with Crippen LogP contribution in [-0.4, -0.2) is 64.4 Å². The maximum Gasteiger partial charge on any atom is 0.406 e. The molecule has 0 aromatic carbocycles. The second-order valence-electron chi connectivity index (χ2n) is 6.07. The number of alkyl halides is 3. The summed E-state index contributed by atoms with van der Waals surface area (Å²) in [7, 11) is 0. The van der Waals surface area contributed by atoms with Crippen LogP contribution in [0.5, 0.6) is 0 Å². The Kier molecular flexibility index (Phi) is 4.44. The van der Waals surface area contributed by atoms with Crippen molar-refractivity contribution in [2.45, 2.75) is 31.6 Å². The zero-order valence-corrected chi connectivity index (χ0v) is 13.2. The van der Waals surface area contributed by atoms with Gasteiger partial charge < -0.3 is 14.2 Å². The first-order valence-corrected chi connectivity index (χ1v) is 7.72. The summed E-state index contributed by atoms with van der Waals surface area (Å²) in [5, 5.41) is 0. The molecule has 0 unspecified atom stereocenters. The first-order chi connectivity index (χ1) is 11.7. The molecule has 2 fully saturated rings. The van der Waals surface area contributed by atoms with Crippen molar-refractivity contribution in [3.8, 4) is 0 Å². The summed E-state index contributed by atoms with van der Waals surface area (Å²) in [6, 6.07) is 2.31. The summed E-state index contributed by atoms with van der Waals surface area (Å²) in [5.74, 6) is -1.36. The molecule has 2 heterocycles. The fourth-order valence-electron chi connectivity index (χ4n) is 2.66. The fourth-order valence-corrected chi connectivity index (χ4v) is 2.66. The number of carbonyl (C=O) groups excluding carboxylic acids is 3. The molecule has 10 heteroatoms. The second-order valence-corrected chi connectivity index (χ2v) is 6.07. The standard InChI is InChI=1S/C15H16F3N3O4/c16-15(17,18)9-19(6-11-2-1-5-25-11)12(22)7-21-13(23)8-20(14(21)24)10-3-4-10/h1-2,5,10H,3-4,6-9H2. The van der Waals surface area contributed by atoms with E-state index >= 15 is 0 Å². The molecule has 0 N–H and O–H groups in total. The number of hydrogen-bond donors (Lipinski definition) is 0. The summed E-state index contributed by atoms with van der Waals surface area (Å²) in [5.41, 5.74) is 0. The van der Waals surface area contributed by atoms with Crippen molar-refractivity contribution in [1.82, 2.24) is 14.7 Å². The molecule has 7 nitrogen and oxygen atoms in total. The van der Waals surface area contributed by atoms with E-state index in [1.165, 1.54) is 23.3 Å². The topological polar surface area (TPSA) is 74.1 Å². The molecule has 1 aliphatic carbocycles. The molecule has 0 spiro atoms. The third-order valence-electron chi connectivity index (χ3n) is 4.01. The van der Waals surface area contributed by atoms with Gasteiger partial charge in [0.1, 0.15) is 25.4 Å². The summed E-state index contributed by atoms with van der Waals surface area (Å²) < 4.78 is 43.3. The lowest BCUT2D eigenvalue weighted by atomic mass is 10.3. The van der Waals surface area contributed by atoms with Crippen LogP contribution in [0.15, 0.2) is 22.8 Å². The number of amides is 4. The molecule has 1 aromatic rings. The van der Waals surface area contributed by atoms with Crippen molar-refractivity contribution >= 4 is 17.8 Å². The minimum atomic E-state index is -4.61. The van der Waals surface area contributed by atoms with E-state index in [2.05, 4.69) is 0 Å². The average Bonchev–Trinajstić information content (AvgIpc) is 3.16. The number of furan rings is 1. The number of rotatable bonds is 6. The molecule has 3 rings (SSSR count). The first-order valence-electron chi connectivity index (χ1n) is 7.72. The normalized spacial score (nSPS) is 18.2. The van der Waals surface area contributed by atoms with E-state index in [1.807, 2.05) is 0 Å². The number of nitrogens with zero attached hydrogens (tertiary/aromatic N) is 3. The van der Waals surface area contributed by atoms with Crippen molar-refractivity contribution in [1.29, 1.82) is 0 Å². The minimum Gasteiger partial charge on any atom is -0.467 e. The zero-order valence-electron chi connectivity index (χ0n) is 13.2. The predicted octanol–water partition coefficient (Wildman–Crippen LogP) is 1.60. The number of hydrogen-bond acceptors (Lipinski definition) is 4. The molecule has 25 heavy (non-hydrogen) atoms. The summed E-state index contributed by atoms with van der Waals surface area (Å²) in [6.07, 6.45) is -1.74. The van der Waals surface area contributed by atoms with Crippen molar-refractivity contribution in [3.05, 3.63) is 24.2 Å². The molecule has 1 aliphatic heterocycles. The molecule has 0 atom stereocenters. The minimum absolute atomic E-state index is 0.00838. The Hall–Kier alpha value is -2.52. The summed E-state index contributed by atoms with van der Waals surface area (Å²) >= 11 is 0. The number of imide groups is 1. The quantitative estimate of drug-likeness (QED) is 0.723. The third kappa shape index (κ3) is 4.12. The lowest BCUT2D eigenvalue weighted by Crippen LogP contribution is -2.46. The summed E-state index contributed by atoms with van der Waals surface area (Å²) in [4.78, 5) is 39.0. The monoisotopic (exact) mass is 359 g/mol. The van der Waals surface area contributed by atoms with Gasteiger partial charge in [-0.25, -0.2) is 4.79 Å². The van der Waals surface area contributed by atoms with Gasteiger partial charge >= 0.3 is 12.2 Å². The van der Waals surface area contributed by atoms with Crippen molar-refractivity contribution in [2.24, 2.45) is 0 Å². The Morgan fingerprint density at radius 2 is 2.04 bits per heavy atom. The van der Waals surface area contributed by atoms with E-state index < -0.39 is 43.7 Å². The van der Waals surface area contributed by atoms with Gasteiger partial charge in [0.2, 0.25) is 5.91 Å². The van der Waals surface area contributed by atoms with Gasteiger partial charge in [-0.1, -0.05) is 0 Å². The Morgan fingerprint density at radius 1 is 1.32 bits per heavy atom. The molecule has 0 radical (unpaired) electrons. The average molecular weight is 359 g/mol. The molecule has 4 amide bonds. The van der Waals surface area contributed by atoms with E-state index in [0.717, 1.165) is 12.8 Å². The second kappa shape index (κ2) is 6.41. The molecule has 0 bridgehead atoms. The SMILES string of the molecule is O=C(CN1C(=O)CN(C2CC2)C1=O)N(Cc1ccco1)CC(F)(F)F. The van der Waals surface area contributed by atoms with Gasteiger partial charge in [-0.3, -0.25) is 14.5 Å². The van der Waals surface area contributed by atoms with Gasteiger partial charge in [0.25, 0.3) is 5.91 Å². The van der Waals surface area contributed by atoms with Crippen LogP contribution in [0, 0.1) is 0 Å². The highest BCUT2D eigenvalue weighted by molar-refractivity contribution is 6.04. The first kappa shape index (κ1) is 17.3. The van der Waals surface area contributed by atoms with Crippen molar-refractivity contribution in [2.75, 3.05) is 19.6 Å². The van der Waals surface area contributed by atoms with Gasteiger partial charge in [-0.05, 0) is 25.0 Å². The van der Waals surface area contributed by atoms with Crippen LogP contribution < -0.4 is 0 Å². The Morgan fingerprint density at radius 3 is 2.60 bits per heavy atom. The number of urea groups is 1. The van der Waals surface area contributed by atoms with Crippen LogP contribution in [0.1, 0.15) is 18.6 Å². The van der Waals surface area contributed by atoms with Gasteiger partial charge in [0.15, 0.2) is 0 Å². The maximum absolute atomic E-state index is 12.8. The van der Waals surface area contributed by atoms with E-state index in [4.69, 9.17) is 4.42 Å². The highest BCUT2D eigenvalue weighted by Gasteiger charge is 2.45. The van der Waals surface area contributed by atoms with Crippen LogP contribution in [0.25, 0.3) is 0 Å². The molecule has 136 valence electrons. The lowest BCUT2D eigenvalue weighted by molar-refractivity contribution is -0.163. The molecule has 1 saturated carbocycles. The van der Waals surface area contributed by atoms with Crippen LogP contribution in [0.4, 0.5) is 18.0 Å². The molecule has 1 aromatic heterocycles. The maximum atomic E-state index is 12.8. The van der Waals surface area contributed by atoms with Crippen LogP contribution in [0.3, 0.4) is 0 Å². The van der Waals surface area contributed by atoms with E-state index in [0.29, 0.717) is 9.80 Å². The summed E-state index contributed by atoms with van der Waals surface area (Å²) in [6.45, 7) is -2.73. The highest BCUT2D eigenvalue weighted by atomic mass is 19.4. The zero-order chi connectivity index (χ0) is 18.2. The van der Waals surface area contributed by atoms with Crippen LogP contribution in [0.2, 0.25) is 0 Å². The Balaban J connectivity index is 1.68. The Labute approximate surface area is 140 Å². The molecule has 2 aliphatic rings. The van der Waals surface area contributed by atoms with E-state index in [1.54, 1.807) is 0 Å². The van der Waals surface area contributed by atoms with Gasteiger partial charge in [-0.2, -0.15) is 13.2 Å². The van der Waals surface area contributed by atoms with Gasteiger partial charge in [0, 0.05) is 6.04 Å². The molecular weight excluding hydrogens is 343 g/mol. The lowest BCUT2D eigenvalue weighted by Gasteiger charge is -2.25. The highest BCUT2D eigenvalue weighted by Crippen LogP contribution is 2.30. The predicted molar refractivity (Wildman–Crippen MR) is 77.0 cm³/mol. The van der Waals surface area contributed by atoms with Crippen LogP contribution in [-0.2, 0) is 16.1 Å². The molecular formula is C15H16F3N3O4. The smallest absolute Gasteiger partial charge is 0.406 e. The Bertz CT molecular complexity index is 670. The third-order valence-corrected chi connectivity index (χ3v) is 4.01. The van der Waals surface area contributed by atoms with E-state index in [-0.39, 0.29) is 18.3 Å². The number of carbonyl (C=O) groups is 3. The van der Waals surface area contributed by atoms with E-state index in [9.17, 15) is 27.6 Å². The fraction of sp³-hybridized carbons (Fsp3) is 0.533.